The molecule has 0 aliphatic heterocycles. The van der Waals surface area contributed by atoms with Gasteiger partial charge >= 0.3 is 13.3 Å². The van der Waals surface area contributed by atoms with Gasteiger partial charge in [-0.05, 0) is 52.0 Å². The highest BCUT2D eigenvalue weighted by atomic mass is 16.5. The van der Waals surface area contributed by atoms with E-state index in [1.165, 1.54) is 0 Å². The fourth-order valence-corrected chi connectivity index (χ4v) is 2.63. The van der Waals surface area contributed by atoms with Gasteiger partial charge in [-0.2, -0.15) is 4.98 Å². The monoisotopic (exact) mass is 335 g/mol. The summed E-state index contributed by atoms with van der Waals surface area (Å²) >= 11 is 0. The lowest BCUT2D eigenvalue weighted by molar-refractivity contribution is -0.0893. The Hall–Kier alpha value is -2.31. The second-order valence-electron chi connectivity index (χ2n) is 7.35. The molecule has 0 aliphatic carbocycles. The van der Waals surface area contributed by atoms with Gasteiger partial charge in [0.2, 0.25) is 0 Å². The Morgan fingerprint density at radius 1 is 1.08 bits per heavy atom. The summed E-state index contributed by atoms with van der Waals surface area (Å²) in [7, 11) is 1.68. The van der Waals surface area contributed by atoms with E-state index in [1.807, 2.05) is 60.7 Å². The summed E-state index contributed by atoms with van der Waals surface area (Å²) in [5.74, 6) is 0.575. The van der Waals surface area contributed by atoms with E-state index in [4.69, 9.17) is 9.07 Å². The van der Waals surface area contributed by atoms with Crippen molar-refractivity contribution in [3.8, 4) is 0 Å². The second kappa shape index (κ2) is 5.34. The summed E-state index contributed by atoms with van der Waals surface area (Å²) in [6.07, 6.45) is 0. The number of hydrogen-bond acceptors (Lipinski definition) is 4. The first-order valence-electron chi connectivity index (χ1n) is 8.29. The largest absolute Gasteiger partial charge is 0.427 e. The molecule has 4 aromatic rings. The van der Waals surface area contributed by atoms with E-state index in [9.17, 15) is 5.11 Å². The van der Waals surface area contributed by atoms with Gasteiger partial charge in [0, 0.05) is 0 Å². The Kier molecular flexibility index (Phi) is 3.46. The molecule has 2 aromatic carbocycles. The van der Waals surface area contributed by atoms with Crippen molar-refractivity contribution < 1.29 is 14.2 Å². The molecule has 0 bridgehead atoms. The third kappa shape index (κ3) is 2.62. The standard InChI is InChI=1S/C19H20BN2O3/c1-18(2,23)19(3,4)25-20-12-9-10-13-15(11-12)22-14-7-5-6-8-16(14)24-17(22)21-13/h5-11,23H,1-4H3. The number of hydrogen-bond donors (Lipinski definition) is 1. The summed E-state index contributed by atoms with van der Waals surface area (Å²) in [6.45, 7) is 7.20. The molecule has 0 unspecified atom stereocenters. The first-order chi connectivity index (χ1) is 11.8. The van der Waals surface area contributed by atoms with E-state index in [-0.39, 0.29) is 0 Å². The van der Waals surface area contributed by atoms with Crippen LogP contribution in [0.5, 0.6) is 0 Å². The molecule has 0 fully saturated rings. The average molecular weight is 335 g/mol. The Bertz CT molecular complexity index is 1070. The molecule has 2 aromatic heterocycles. The van der Waals surface area contributed by atoms with Gasteiger partial charge in [0.25, 0.3) is 0 Å². The molecule has 1 N–H and O–H groups in total. The Balaban J connectivity index is 1.75. The van der Waals surface area contributed by atoms with Crippen LogP contribution >= 0.6 is 0 Å². The van der Waals surface area contributed by atoms with Crippen molar-refractivity contribution in [2.75, 3.05) is 0 Å². The van der Waals surface area contributed by atoms with Gasteiger partial charge in [-0.3, -0.25) is 4.40 Å². The minimum atomic E-state index is -0.960. The maximum atomic E-state index is 10.2. The van der Waals surface area contributed by atoms with Crippen LogP contribution in [0.2, 0.25) is 0 Å². The highest BCUT2D eigenvalue weighted by Gasteiger charge is 2.35. The maximum absolute atomic E-state index is 10.2. The number of imidazole rings is 1. The molecule has 0 amide bonds. The smallest absolute Gasteiger partial charge is 0.330 e. The van der Waals surface area contributed by atoms with Gasteiger partial charge < -0.3 is 14.2 Å². The molecule has 0 atom stereocenters. The van der Waals surface area contributed by atoms with Gasteiger partial charge in [0.1, 0.15) is 0 Å². The van der Waals surface area contributed by atoms with Crippen LogP contribution in [0.3, 0.4) is 0 Å². The highest BCUT2D eigenvalue weighted by Crippen LogP contribution is 2.26. The van der Waals surface area contributed by atoms with Gasteiger partial charge in [0.05, 0.1) is 27.8 Å². The zero-order chi connectivity index (χ0) is 17.8. The summed E-state index contributed by atoms with van der Waals surface area (Å²) in [5.41, 5.74) is 2.84. The normalized spacial score (nSPS) is 13.2. The molecular weight excluding hydrogens is 315 g/mol. The lowest BCUT2D eigenvalue weighted by Crippen LogP contribution is -2.49. The van der Waals surface area contributed by atoms with E-state index in [0.717, 1.165) is 27.6 Å². The van der Waals surface area contributed by atoms with Gasteiger partial charge in [0.15, 0.2) is 5.58 Å². The van der Waals surface area contributed by atoms with E-state index in [2.05, 4.69) is 4.98 Å². The minimum Gasteiger partial charge on any atom is -0.427 e. The predicted molar refractivity (Wildman–Crippen MR) is 99.3 cm³/mol. The fraction of sp³-hybridized carbons (Fsp3) is 0.316. The fourth-order valence-electron chi connectivity index (χ4n) is 2.63. The van der Waals surface area contributed by atoms with Crippen LogP contribution in [0.25, 0.3) is 28.0 Å². The number of aromatic nitrogens is 2. The zero-order valence-electron chi connectivity index (χ0n) is 14.8. The molecule has 6 heteroatoms. The Morgan fingerprint density at radius 3 is 2.60 bits per heavy atom. The van der Waals surface area contributed by atoms with Crippen molar-refractivity contribution in [3.63, 3.8) is 0 Å². The lowest BCUT2D eigenvalue weighted by atomic mass is 9.82. The van der Waals surface area contributed by atoms with Crippen LogP contribution in [-0.4, -0.2) is 33.2 Å². The Morgan fingerprint density at radius 2 is 1.84 bits per heavy atom. The number of benzene rings is 2. The number of oxazole rings is 1. The van der Waals surface area contributed by atoms with Crippen LogP contribution in [0.15, 0.2) is 46.9 Å². The van der Waals surface area contributed by atoms with Gasteiger partial charge in [-0.15, -0.1) is 0 Å². The summed E-state index contributed by atoms with van der Waals surface area (Å²) in [5, 5.41) is 10.2. The number of aliphatic hydroxyl groups is 1. The molecule has 2 heterocycles. The van der Waals surface area contributed by atoms with Crippen molar-refractivity contribution in [1.29, 1.82) is 0 Å². The zero-order valence-corrected chi connectivity index (χ0v) is 14.8. The van der Waals surface area contributed by atoms with Crippen molar-refractivity contribution in [2.45, 2.75) is 38.9 Å². The van der Waals surface area contributed by atoms with Crippen LogP contribution in [0.1, 0.15) is 27.7 Å². The number of nitrogens with zero attached hydrogens (tertiary/aromatic N) is 2. The third-order valence-electron chi connectivity index (χ3n) is 4.92. The lowest BCUT2D eigenvalue weighted by Gasteiger charge is -2.37. The summed E-state index contributed by atoms with van der Waals surface area (Å²) < 4.78 is 13.7. The van der Waals surface area contributed by atoms with Crippen LogP contribution in [0, 0.1) is 0 Å². The molecular formula is C19H20BN2O3. The molecule has 0 saturated carbocycles. The molecule has 0 aliphatic rings. The number of fused-ring (bicyclic) bond motifs is 5. The molecule has 0 saturated heterocycles. The molecule has 0 spiro atoms. The summed E-state index contributed by atoms with van der Waals surface area (Å²) in [6, 6.07) is 13.8. The SMILES string of the molecule is CC(C)(O)C(C)(C)O[B]c1ccc2nc3oc4ccccc4n3c2c1. The molecule has 25 heavy (non-hydrogen) atoms. The van der Waals surface area contributed by atoms with Crippen molar-refractivity contribution >= 4 is 40.9 Å². The van der Waals surface area contributed by atoms with E-state index in [1.54, 1.807) is 21.3 Å². The maximum Gasteiger partial charge on any atom is 0.330 e. The first kappa shape index (κ1) is 16.2. The quantitative estimate of drug-likeness (QED) is 0.583. The molecule has 4 rings (SSSR count). The third-order valence-corrected chi connectivity index (χ3v) is 4.92. The van der Waals surface area contributed by atoms with Gasteiger partial charge in [-0.1, -0.05) is 23.7 Å². The van der Waals surface area contributed by atoms with Crippen molar-refractivity contribution in [2.24, 2.45) is 0 Å². The molecule has 127 valence electrons. The molecule has 5 nitrogen and oxygen atoms in total. The number of rotatable bonds is 4. The Labute approximate surface area is 146 Å². The molecule has 1 radical (unpaired) electrons. The van der Waals surface area contributed by atoms with E-state index < -0.39 is 11.2 Å². The average Bonchev–Trinajstić information content (AvgIpc) is 3.07. The van der Waals surface area contributed by atoms with Crippen LogP contribution in [-0.2, 0) is 4.65 Å². The highest BCUT2D eigenvalue weighted by molar-refractivity contribution is 6.47. The number of para-hydroxylation sites is 2. The van der Waals surface area contributed by atoms with E-state index in [0.29, 0.717) is 5.84 Å². The van der Waals surface area contributed by atoms with Gasteiger partial charge in [-0.25, -0.2) is 0 Å². The topological polar surface area (TPSA) is 59.9 Å². The minimum absolute atomic E-state index is 0.575. The predicted octanol–water partition coefficient (Wildman–Crippen LogP) is 3.04. The first-order valence-corrected chi connectivity index (χ1v) is 8.29. The van der Waals surface area contributed by atoms with Crippen molar-refractivity contribution in [1.82, 2.24) is 9.38 Å². The van der Waals surface area contributed by atoms with Crippen LogP contribution < -0.4 is 5.46 Å². The van der Waals surface area contributed by atoms with E-state index >= 15 is 0 Å². The second-order valence-corrected chi connectivity index (χ2v) is 7.35. The van der Waals surface area contributed by atoms with Crippen LogP contribution in [0.4, 0.5) is 0 Å². The summed E-state index contributed by atoms with van der Waals surface area (Å²) in [4.78, 5) is 4.54. The van der Waals surface area contributed by atoms with Crippen molar-refractivity contribution in [3.05, 3.63) is 42.5 Å².